The molecular weight excluding hydrogens is 400 g/mol. The van der Waals surface area contributed by atoms with Gasteiger partial charge >= 0.3 is 5.97 Å². The molecule has 6 N–H and O–H groups in total. The normalized spacial score (nSPS) is 15.0. The van der Waals surface area contributed by atoms with Crippen molar-refractivity contribution in [1.29, 1.82) is 0 Å². The van der Waals surface area contributed by atoms with Crippen molar-refractivity contribution < 1.29 is 24.3 Å². The predicted molar refractivity (Wildman–Crippen MR) is 117 cm³/mol. The van der Waals surface area contributed by atoms with Crippen LogP contribution >= 0.6 is 0 Å². The molecule has 1 rings (SSSR count). The molecule has 1 aromatic rings. The number of hydrogen-bond donors (Lipinski definition) is 5. The Morgan fingerprint density at radius 1 is 0.806 bits per heavy atom. The first-order valence-electron chi connectivity index (χ1n) is 10.4. The van der Waals surface area contributed by atoms with Crippen LogP contribution in [-0.4, -0.2) is 53.0 Å². The van der Waals surface area contributed by atoms with E-state index in [9.17, 15) is 24.3 Å². The average Bonchev–Trinajstić information content (AvgIpc) is 2.68. The van der Waals surface area contributed by atoms with E-state index in [4.69, 9.17) is 5.73 Å². The number of rotatable bonds is 11. The van der Waals surface area contributed by atoms with E-state index in [2.05, 4.69) is 16.0 Å². The molecule has 0 saturated heterocycles. The zero-order valence-electron chi connectivity index (χ0n) is 18.7. The van der Waals surface area contributed by atoms with Crippen molar-refractivity contribution in [1.82, 2.24) is 16.0 Å². The Morgan fingerprint density at radius 3 is 1.77 bits per heavy atom. The Labute approximate surface area is 183 Å². The molecule has 172 valence electrons. The van der Waals surface area contributed by atoms with E-state index in [1.165, 1.54) is 6.92 Å². The van der Waals surface area contributed by atoms with E-state index in [1.807, 2.05) is 6.07 Å². The molecule has 0 fully saturated rings. The number of carboxylic acid groups (broad SMARTS) is 1. The monoisotopic (exact) mass is 434 g/mol. The molecular formula is C22H34N4O5. The van der Waals surface area contributed by atoms with Crippen molar-refractivity contribution in [3.63, 3.8) is 0 Å². The van der Waals surface area contributed by atoms with Crippen LogP contribution in [0.15, 0.2) is 30.3 Å². The molecule has 31 heavy (non-hydrogen) atoms. The number of aliphatic carboxylic acids is 1. The molecule has 4 atom stereocenters. The van der Waals surface area contributed by atoms with E-state index in [-0.39, 0.29) is 18.3 Å². The minimum Gasteiger partial charge on any atom is -0.480 e. The highest BCUT2D eigenvalue weighted by Gasteiger charge is 2.32. The number of nitrogens with two attached hydrogens (primary N) is 1. The minimum absolute atomic E-state index is 0.162. The molecule has 1 aromatic carbocycles. The van der Waals surface area contributed by atoms with Gasteiger partial charge in [0.15, 0.2) is 0 Å². The van der Waals surface area contributed by atoms with Gasteiger partial charge < -0.3 is 26.8 Å². The van der Waals surface area contributed by atoms with Gasteiger partial charge in [-0.3, -0.25) is 14.4 Å². The Balaban J connectivity index is 3.09. The molecule has 0 aliphatic rings. The zero-order chi connectivity index (χ0) is 23.7. The van der Waals surface area contributed by atoms with Crippen LogP contribution in [0.1, 0.15) is 40.2 Å². The Hall–Kier alpha value is -2.94. The summed E-state index contributed by atoms with van der Waals surface area (Å²) in [4.78, 5) is 49.4. The summed E-state index contributed by atoms with van der Waals surface area (Å²) in [5.41, 5.74) is 6.38. The summed E-state index contributed by atoms with van der Waals surface area (Å²) in [6.45, 7) is 8.40. The second kappa shape index (κ2) is 12.0. The van der Waals surface area contributed by atoms with E-state index < -0.39 is 47.9 Å². The number of carboxylic acids is 1. The van der Waals surface area contributed by atoms with Gasteiger partial charge in [0.05, 0.1) is 6.04 Å². The van der Waals surface area contributed by atoms with Crippen LogP contribution in [0.25, 0.3) is 0 Å². The second-order valence-electron chi connectivity index (χ2n) is 8.34. The van der Waals surface area contributed by atoms with Crippen molar-refractivity contribution in [2.24, 2.45) is 17.6 Å². The minimum atomic E-state index is -1.16. The lowest BCUT2D eigenvalue weighted by Gasteiger charge is -2.27. The van der Waals surface area contributed by atoms with Crippen molar-refractivity contribution in [3.8, 4) is 0 Å². The molecule has 0 heterocycles. The van der Waals surface area contributed by atoms with Crippen molar-refractivity contribution in [2.75, 3.05) is 0 Å². The summed E-state index contributed by atoms with van der Waals surface area (Å²) < 4.78 is 0. The first kappa shape index (κ1) is 26.1. The van der Waals surface area contributed by atoms with Crippen molar-refractivity contribution >= 4 is 23.7 Å². The van der Waals surface area contributed by atoms with Gasteiger partial charge in [0.2, 0.25) is 17.7 Å². The molecule has 4 unspecified atom stereocenters. The van der Waals surface area contributed by atoms with Crippen molar-refractivity contribution in [2.45, 2.75) is 65.2 Å². The molecule has 9 nitrogen and oxygen atoms in total. The van der Waals surface area contributed by atoms with Crippen LogP contribution < -0.4 is 21.7 Å². The van der Waals surface area contributed by atoms with Gasteiger partial charge in [-0.05, 0) is 24.3 Å². The zero-order valence-corrected chi connectivity index (χ0v) is 18.7. The summed E-state index contributed by atoms with van der Waals surface area (Å²) in [7, 11) is 0. The molecule has 0 aliphatic heterocycles. The van der Waals surface area contributed by atoms with E-state index in [0.717, 1.165) is 5.56 Å². The standard InChI is InChI=1S/C22H34N4O5/c1-12(2)17(25-19(27)14(5)23)21(29)24-16(11-15-9-7-6-8-10-15)20(28)26-18(13(3)4)22(30)31/h6-10,12-14,16-18H,11,23H2,1-5H3,(H,24,29)(H,25,27)(H,26,28)(H,30,31). The lowest BCUT2D eigenvalue weighted by Crippen LogP contribution is -2.59. The molecule has 9 heteroatoms. The molecule has 0 spiro atoms. The van der Waals surface area contributed by atoms with Gasteiger partial charge in [0.25, 0.3) is 0 Å². The Kier molecular flexibility index (Phi) is 10.1. The molecule has 0 aliphatic carbocycles. The molecule has 0 saturated carbocycles. The maximum atomic E-state index is 12.9. The molecule has 3 amide bonds. The lowest BCUT2D eigenvalue weighted by molar-refractivity contribution is -0.143. The third-order valence-corrected chi connectivity index (χ3v) is 4.81. The average molecular weight is 435 g/mol. The summed E-state index contributed by atoms with van der Waals surface area (Å²) >= 11 is 0. The highest BCUT2D eigenvalue weighted by Crippen LogP contribution is 2.09. The van der Waals surface area contributed by atoms with E-state index >= 15 is 0 Å². The summed E-state index contributed by atoms with van der Waals surface area (Å²) in [6.07, 6.45) is 0.162. The van der Waals surface area contributed by atoms with Gasteiger partial charge in [0, 0.05) is 6.42 Å². The number of carbonyl (C=O) groups excluding carboxylic acids is 3. The lowest BCUT2D eigenvalue weighted by atomic mass is 9.99. The Bertz CT molecular complexity index is 764. The number of hydrogen-bond acceptors (Lipinski definition) is 5. The quantitative estimate of drug-likeness (QED) is 0.341. The fourth-order valence-electron chi connectivity index (χ4n) is 2.91. The molecule has 0 bridgehead atoms. The van der Waals surface area contributed by atoms with Crippen LogP contribution in [-0.2, 0) is 25.6 Å². The van der Waals surface area contributed by atoms with Gasteiger partial charge in [-0.25, -0.2) is 4.79 Å². The maximum absolute atomic E-state index is 12.9. The summed E-state index contributed by atoms with van der Waals surface area (Å²) in [5.74, 6) is -3.40. The maximum Gasteiger partial charge on any atom is 0.326 e. The fourth-order valence-corrected chi connectivity index (χ4v) is 2.91. The Morgan fingerprint density at radius 2 is 1.32 bits per heavy atom. The predicted octanol–water partition coefficient (Wildman–Crippen LogP) is 0.427. The fraction of sp³-hybridized carbons (Fsp3) is 0.545. The van der Waals surface area contributed by atoms with Gasteiger partial charge in [-0.2, -0.15) is 0 Å². The summed E-state index contributed by atoms with van der Waals surface area (Å²) in [6, 6.07) is 5.24. The number of amides is 3. The largest absolute Gasteiger partial charge is 0.480 e. The van der Waals surface area contributed by atoms with Crippen LogP contribution in [0.2, 0.25) is 0 Å². The van der Waals surface area contributed by atoms with Crippen LogP contribution in [0.3, 0.4) is 0 Å². The van der Waals surface area contributed by atoms with Crippen LogP contribution in [0.5, 0.6) is 0 Å². The van der Waals surface area contributed by atoms with Crippen LogP contribution in [0.4, 0.5) is 0 Å². The van der Waals surface area contributed by atoms with E-state index in [0.29, 0.717) is 0 Å². The number of benzene rings is 1. The second-order valence-corrected chi connectivity index (χ2v) is 8.34. The SMILES string of the molecule is CC(N)C(=O)NC(C(=O)NC(Cc1ccccc1)C(=O)NC(C(=O)O)C(C)C)C(C)C. The smallest absolute Gasteiger partial charge is 0.326 e. The van der Waals surface area contributed by atoms with Crippen molar-refractivity contribution in [3.05, 3.63) is 35.9 Å². The van der Waals surface area contributed by atoms with Gasteiger partial charge in [-0.15, -0.1) is 0 Å². The molecule has 0 aromatic heterocycles. The van der Waals surface area contributed by atoms with E-state index in [1.54, 1.807) is 52.0 Å². The highest BCUT2D eigenvalue weighted by atomic mass is 16.4. The number of carbonyl (C=O) groups is 4. The highest BCUT2D eigenvalue weighted by molar-refractivity contribution is 5.94. The first-order chi connectivity index (χ1) is 14.4. The first-order valence-corrected chi connectivity index (χ1v) is 10.4. The van der Waals surface area contributed by atoms with Gasteiger partial charge in [-0.1, -0.05) is 58.0 Å². The third-order valence-electron chi connectivity index (χ3n) is 4.81. The van der Waals surface area contributed by atoms with Crippen LogP contribution in [0, 0.1) is 11.8 Å². The number of nitrogens with one attached hydrogen (secondary N) is 3. The molecule has 0 radical (unpaired) electrons. The third kappa shape index (κ3) is 8.37. The topological polar surface area (TPSA) is 151 Å². The van der Waals surface area contributed by atoms with Gasteiger partial charge in [0.1, 0.15) is 18.1 Å². The summed E-state index contributed by atoms with van der Waals surface area (Å²) in [5, 5.41) is 17.2.